The van der Waals surface area contributed by atoms with Crippen LogP contribution in [0, 0.1) is 6.92 Å². The summed E-state index contributed by atoms with van der Waals surface area (Å²) in [5.41, 5.74) is 6.30. The number of benzene rings is 1. The van der Waals surface area contributed by atoms with Gasteiger partial charge in [-0.2, -0.15) is 4.31 Å². The third kappa shape index (κ3) is 3.24. The average Bonchev–Trinajstić information content (AvgIpc) is 2.84. The van der Waals surface area contributed by atoms with E-state index in [2.05, 4.69) is 0 Å². The second-order valence-electron chi connectivity index (χ2n) is 4.66. The van der Waals surface area contributed by atoms with Gasteiger partial charge in [-0.05, 0) is 37.5 Å². The highest BCUT2D eigenvalue weighted by molar-refractivity contribution is 7.89. The van der Waals surface area contributed by atoms with Crippen molar-refractivity contribution >= 4 is 45.6 Å². The van der Waals surface area contributed by atoms with E-state index in [-0.39, 0.29) is 23.3 Å². The summed E-state index contributed by atoms with van der Waals surface area (Å²) < 4.78 is 26.6. The van der Waals surface area contributed by atoms with Crippen LogP contribution in [0.5, 0.6) is 0 Å². The van der Waals surface area contributed by atoms with Crippen LogP contribution in [0.25, 0.3) is 0 Å². The molecular weight excluding hydrogens is 343 g/mol. The first-order valence-corrected chi connectivity index (χ1v) is 8.25. The number of rotatable bonds is 3. The molecule has 1 aliphatic rings. The van der Waals surface area contributed by atoms with Gasteiger partial charge < -0.3 is 5.73 Å². The number of nitrogens with two attached hydrogens (primary N) is 1. The highest BCUT2D eigenvalue weighted by Gasteiger charge is 2.34. The maximum atomic E-state index is 12.6. The van der Waals surface area contributed by atoms with Crippen molar-refractivity contribution in [2.24, 2.45) is 5.73 Å². The first-order valence-electron chi connectivity index (χ1n) is 6.05. The van der Waals surface area contributed by atoms with Crippen LogP contribution in [0.1, 0.15) is 18.4 Å². The van der Waals surface area contributed by atoms with Gasteiger partial charge >= 0.3 is 0 Å². The molecule has 1 unspecified atom stereocenters. The van der Waals surface area contributed by atoms with Crippen molar-refractivity contribution in [3.63, 3.8) is 0 Å². The van der Waals surface area contributed by atoms with Gasteiger partial charge in [0.2, 0.25) is 10.0 Å². The average molecular weight is 360 g/mol. The Morgan fingerprint density at radius 2 is 1.90 bits per heavy atom. The van der Waals surface area contributed by atoms with Gasteiger partial charge in [-0.15, -0.1) is 12.4 Å². The topological polar surface area (TPSA) is 63.4 Å². The maximum absolute atomic E-state index is 12.6. The molecule has 0 aliphatic carbocycles. The minimum Gasteiger partial charge on any atom is -0.329 e. The van der Waals surface area contributed by atoms with Gasteiger partial charge in [0, 0.05) is 29.2 Å². The lowest BCUT2D eigenvalue weighted by molar-refractivity contribution is 0.393. The molecule has 1 saturated heterocycles. The van der Waals surface area contributed by atoms with Crippen LogP contribution >= 0.6 is 35.6 Å². The van der Waals surface area contributed by atoms with E-state index in [1.807, 2.05) is 0 Å². The third-order valence-electron chi connectivity index (χ3n) is 3.46. The molecule has 2 N–H and O–H groups in total. The second-order valence-corrected chi connectivity index (χ2v) is 7.36. The zero-order valence-corrected chi connectivity index (χ0v) is 14.1. The smallest absolute Gasteiger partial charge is 0.243 e. The Morgan fingerprint density at radius 3 is 2.40 bits per heavy atom. The van der Waals surface area contributed by atoms with Gasteiger partial charge in [0.15, 0.2) is 0 Å². The number of sulfonamides is 1. The summed E-state index contributed by atoms with van der Waals surface area (Å²) in [6.45, 7) is 2.57. The predicted octanol–water partition coefficient (Wildman–Crippen LogP) is 2.84. The molecule has 1 aromatic rings. The van der Waals surface area contributed by atoms with Gasteiger partial charge in [-0.1, -0.05) is 23.2 Å². The van der Waals surface area contributed by atoms with Crippen LogP contribution in [0.2, 0.25) is 10.0 Å². The maximum Gasteiger partial charge on any atom is 0.243 e. The first-order chi connectivity index (χ1) is 8.87. The molecule has 114 valence electrons. The molecule has 0 bridgehead atoms. The molecule has 0 aromatic heterocycles. The van der Waals surface area contributed by atoms with Gasteiger partial charge in [0.25, 0.3) is 0 Å². The molecule has 8 heteroatoms. The van der Waals surface area contributed by atoms with E-state index < -0.39 is 10.0 Å². The molecule has 0 amide bonds. The highest BCUT2D eigenvalue weighted by Crippen LogP contribution is 2.31. The fourth-order valence-corrected chi connectivity index (χ4v) is 4.64. The molecular formula is C12H17Cl3N2O2S. The molecule has 0 spiro atoms. The fraction of sp³-hybridized carbons (Fsp3) is 0.500. The number of hydrogen-bond donors (Lipinski definition) is 1. The highest BCUT2D eigenvalue weighted by atomic mass is 35.5. The van der Waals surface area contributed by atoms with Gasteiger partial charge in [-0.25, -0.2) is 8.42 Å². The lowest BCUT2D eigenvalue weighted by Crippen LogP contribution is -2.39. The number of nitrogens with zero attached hydrogens (tertiary/aromatic N) is 1. The zero-order chi connectivity index (χ0) is 14.2. The Balaban J connectivity index is 0.00000200. The standard InChI is InChI=1S/C12H16Cl2N2O2S.ClH/c1-8-11(13)5-10(6-12(8)14)19(17,18)16-4-2-3-9(16)7-15;/h5-6,9H,2-4,7,15H2,1H3;1H. The van der Waals surface area contributed by atoms with Crippen molar-refractivity contribution in [3.05, 3.63) is 27.7 Å². The van der Waals surface area contributed by atoms with E-state index in [9.17, 15) is 8.42 Å². The molecule has 1 aromatic carbocycles. The zero-order valence-electron chi connectivity index (χ0n) is 11.0. The molecule has 1 fully saturated rings. The lowest BCUT2D eigenvalue weighted by atomic mass is 10.2. The van der Waals surface area contributed by atoms with E-state index in [0.717, 1.165) is 12.8 Å². The van der Waals surface area contributed by atoms with Crippen molar-refractivity contribution in [2.45, 2.75) is 30.7 Å². The largest absolute Gasteiger partial charge is 0.329 e. The van der Waals surface area contributed by atoms with E-state index in [0.29, 0.717) is 28.7 Å². The fourth-order valence-electron chi connectivity index (χ4n) is 2.27. The van der Waals surface area contributed by atoms with Gasteiger partial charge in [0.1, 0.15) is 0 Å². The Morgan fingerprint density at radius 1 is 1.35 bits per heavy atom. The molecule has 1 atom stereocenters. The van der Waals surface area contributed by atoms with Crippen molar-refractivity contribution in [3.8, 4) is 0 Å². The summed E-state index contributed by atoms with van der Waals surface area (Å²) in [5, 5.41) is 0.712. The minimum absolute atomic E-state index is 0. The Hall–Kier alpha value is -0.0400. The summed E-state index contributed by atoms with van der Waals surface area (Å²) in [4.78, 5) is 0.133. The van der Waals surface area contributed by atoms with E-state index in [1.54, 1.807) is 6.92 Å². The molecule has 1 heterocycles. The SMILES string of the molecule is Cc1c(Cl)cc(S(=O)(=O)N2CCCC2CN)cc1Cl.Cl. The van der Waals surface area contributed by atoms with Crippen molar-refractivity contribution in [1.82, 2.24) is 4.31 Å². The van der Waals surface area contributed by atoms with E-state index in [4.69, 9.17) is 28.9 Å². The van der Waals surface area contributed by atoms with Gasteiger partial charge in [-0.3, -0.25) is 0 Å². The summed E-state index contributed by atoms with van der Waals surface area (Å²) in [7, 11) is -3.58. The van der Waals surface area contributed by atoms with Crippen molar-refractivity contribution in [2.75, 3.05) is 13.1 Å². The Kier molecular flexibility index (Phi) is 6.14. The third-order valence-corrected chi connectivity index (χ3v) is 6.17. The van der Waals surface area contributed by atoms with Crippen LogP contribution in [0.3, 0.4) is 0 Å². The quantitative estimate of drug-likeness (QED) is 0.902. The molecule has 0 radical (unpaired) electrons. The van der Waals surface area contributed by atoms with E-state index in [1.165, 1.54) is 16.4 Å². The predicted molar refractivity (Wildman–Crippen MR) is 84.4 cm³/mol. The van der Waals surface area contributed by atoms with Crippen molar-refractivity contribution in [1.29, 1.82) is 0 Å². The lowest BCUT2D eigenvalue weighted by Gasteiger charge is -2.23. The van der Waals surface area contributed by atoms with Gasteiger partial charge in [0.05, 0.1) is 4.90 Å². The number of hydrogen-bond acceptors (Lipinski definition) is 3. The van der Waals surface area contributed by atoms with Crippen molar-refractivity contribution < 1.29 is 8.42 Å². The normalized spacial score (nSPS) is 19.9. The second kappa shape index (κ2) is 6.81. The molecule has 0 saturated carbocycles. The monoisotopic (exact) mass is 358 g/mol. The summed E-state index contributed by atoms with van der Waals surface area (Å²) in [6.07, 6.45) is 1.62. The summed E-state index contributed by atoms with van der Waals surface area (Å²) in [6, 6.07) is 2.76. The van der Waals surface area contributed by atoms with E-state index >= 15 is 0 Å². The molecule has 4 nitrogen and oxygen atoms in total. The van der Waals surface area contributed by atoms with Crippen LogP contribution in [-0.4, -0.2) is 31.9 Å². The summed E-state index contributed by atoms with van der Waals surface area (Å²) >= 11 is 12.0. The minimum atomic E-state index is -3.58. The van der Waals surface area contributed by atoms with Crippen LogP contribution in [-0.2, 0) is 10.0 Å². The first kappa shape index (κ1) is 18.0. The molecule has 1 aliphatic heterocycles. The molecule has 2 rings (SSSR count). The van der Waals surface area contributed by atoms with Crippen LogP contribution < -0.4 is 5.73 Å². The Labute approximate surface area is 135 Å². The summed E-state index contributed by atoms with van der Waals surface area (Å²) in [5.74, 6) is 0. The number of halogens is 3. The Bertz CT molecular complexity index is 569. The molecule has 20 heavy (non-hydrogen) atoms. The van der Waals surface area contributed by atoms with Crippen LogP contribution in [0.4, 0.5) is 0 Å². The van der Waals surface area contributed by atoms with Crippen LogP contribution in [0.15, 0.2) is 17.0 Å².